The van der Waals surface area contributed by atoms with Crippen LogP contribution < -0.4 is 5.32 Å². The molecule has 4 aromatic rings. The minimum Gasteiger partial charge on any atom is -0.453 e. The first kappa shape index (κ1) is 34.8. The molecule has 7 rings (SSSR count). The molecule has 1 aliphatic carbocycles. The molecule has 1 saturated carbocycles. The molecule has 268 valence electrons. The summed E-state index contributed by atoms with van der Waals surface area (Å²) in [6, 6.07) is 12.6. The first-order valence-corrected chi connectivity index (χ1v) is 18.0. The topological polar surface area (TPSA) is 141 Å². The zero-order valence-corrected chi connectivity index (χ0v) is 30.0. The molecular formula is C40H44N8O4. The summed E-state index contributed by atoms with van der Waals surface area (Å²) in [7, 11) is 1.22. The molecule has 0 radical (unpaired) electrons. The molecule has 2 aliphatic heterocycles. The Bertz CT molecular complexity index is 2090. The van der Waals surface area contributed by atoms with Gasteiger partial charge in [0, 0.05) is 30.1 Å². The van der Waals surface area contributed by atoms with Crippen molar-refractivity contribution in [3.05, 3.63) is 82.9 Å². The highest BCUT2D eigenvalue weighted by molar-refractivity contribution is 5.86. The number of ether oxygens (including phenoxy) is 1. The lowest BCUT2D eigenvalue weighted by Crippen LogP contribution is -2.49. The molecule has 52 heavy (non-hydrogen) atoms. The van der Waals surface area contributed by atoms with Crippen molar-refractivity contribution in [1.82, 2.24) is 35.1 Å². The molecule has 12 nitrogen and oxygen atoms in total. The number of methoxy groups -OCH3 is 1. The Morgan fingerprint density at radius 3 is 2.48 bits per heavy atom. The fourth-order valence-electron chi connectivity index (χ4n) is 7.41. The van der Waals surface area contributed by atoms with Crippen LogP contribution in [0.15, 0.2) is 48.7 Å². The fourth-order valence-corrected chi connectivity index (χ4v) is 7.41. The van der Waals surface area contributed by atoms with Crippen molar-refractivity contribution in [2.24, 2.45) is 17.3 Å². The van der Waals surface area contributed by atoms with Gasteiger partial charge in [0.1, 0.15) is 11.6 Å². The number of nitrogens with one attached hydrogen (secondary N) is 3. The van der Waals surface area contributed by atoms with Crippen LogP contribution in [0.3, 0.4) is 0 Å². The second-order valence-electron chi connectivity index (χ2n) is 14.8. The Balaban J connectivity index is 1.03. The van der Waals surface area contributed by atoms with Crippen molar-refractivity contribution >= 4 is 28.9 Å². The predicted octanol–water partition coefficient (Wildman–Crippen LogP) is 6.01. The van der Waals surface area contributed by atoms with Gasteiger partial charge in [-0.2, -0.15) is 0 Å². The predicted molar refractivity (Wildman–Crippen MR) is 195 cm³/mol. The first-order valence-electron chi connectivity index (χ1n) is 18.0. The van der Waals surface area contributed by atoms with E-state index in [2.05, 4.69) is 60.4 Å². The van der Waals surface area contributed by atoms with E-state index in [9.17, 15) is 14.4 Å². The number of alkyl carbamates (subject to hydrolysis) is 1. The average molecular weight is 701 g/mol. The van der Waals surface area contributed by atoms with Crippen LogP contribution in [-0.2, 0) is 14.3 Å². The number of nitrogens with zero attached hydrogens (tertiary/aromatic N) is 5. The van der Waals surface area contributed by atoms with Crippen molar-refractivity contribution < 1.29 is 19.1 Å². The molecule has 0 unspecified atom stereocenters. The van der Waals surface area contributed by atoms with Crippen LogP contribution in [0.5, 0.6) is 0 Å². The zero-order chi connectivity index (χ0) is 36.6. The summed E-state index contributed by atoms with van der Waals surface area (Å²) in [5, 5.41) is 2.48. The van der Waals surface area contributed by atoms with E-state index in [4.69, 9.17) is 11.6 Å². The maximum Gasteiger partial charge on any atom is 0.407 e. The van der Waals surface area contributed by atoms with E-state index in [1.165, 1.54) is 20.0 Å². The minimum atomic E-state index is -0.986. The van der Waals surface area contributed by atoms with Gasteiger partial charge in [0.15, 0.2) is 6.04 Å². The number of aromatic nitrogens is 4. The summed E-state index contributed by atoms with van der Waals surface area (Å²) < 4.78 is 4.64. The van der Waals surface area contributed by atoms with Crippen LogP contribution in [0.4, 0.5) is 4.79 Å². The molecule has 3 N–H and O–H groups in total. The van der Waals surface area contributed by atoms with Gasteiger partial charge < -0.3 is 34.7 Å². The minimum absolute atomic E-state index is 0.0246. The number of amides is 3. The maximum absolute atomic E-state index is 13.5. The molecule has 3 amide bonds. The van der Waals surface area contributed by atoms with Gasteiger partial charge in [-0.15, -0.1) is 0 Å². The SMILES string of the molecule is [C-]#[N+]C[C@H](NC(=O)OC)C(=O)N1CCC[C@H]1c1ncc(-c2ccc(C#Cc3ccc4nc([C@@H]5CC6(CC6)CN5C(=O)[C@@H](C)C(C)C)[nH]c4c3)cc2)[nH]1. The van der Waals surface area contributed by atoms with E-state index < -0.39 is 12.1 Å². The molecule has 0 bridgehead atoms. The van der Waals surface area contributed by atoms with Crippen molar-refractivity contribution in [2.75, 3.05) is 26.7 Å². The van der Waals surface area contributed by atoms with Crippen LogP contribution in [0.1, 0.15) is 87.7 Å². The van der Waals surface area contributed by atoms with E-state index in [1.54, 1.807) is 11.1 Å². The summed E-state index contributed by atoms with van der Waals surface area (Å²) in [4.78, 5) is 62.1. The van der Waals surface area contributed by atoms with Crippen LogP contribution in [-0.4, -0.2) is 80.4 Å². The summed E-state index contributed by atoms with van der Waals surface area (Å²) in [6.45, 7) is 14.6. The molecule has 4 heterocycles. The van der Waals surface area contributed by atoms with Crippen LogP contribution in [0.2, 0.25) is 0 Å². The van der Waals surface area contributed by atoms with Gasteiger partial charge in [-0.25, -0.2) is 21.3 Å². The zero-order valence-electron chi connectivity index (χ0n) is 30.0. The molecule has 2 aromatic heterocycles. The first-order chi connectivity index (χ1) is 25.1. The van der Waals surface area contributed by atoms with Crippen LogP contribution in [0, 0.1) is 35.7 Å². The smallest absolute Gasteiger partial charge is 0.407 e. The van der Waals surface area contributed by atoms with E-state index in [0.29, 0.717) is 12.4 Å². The third kappa shape index (κ3) is 6.98. The highest BCUT2D eigenvalue weighted by Gasteiger charge is 2.54. The van der Waals surface area contributed by atoms with Gasteiger partial charge in [-0.1, -0.05) is 44.7 Å². The second-order valence-corrected chi connectivity index (χ2v) is 14.8. The summed E-state index contributed by atoms with van der Waals surface area (Å²) in [5.41, 5.74) is 5.52. The van der Waals surface area contributed by atoms with Gasteiger partial charge in [0.2, 0.25) is 12.5 Å². The van der Waals surface area contributed by atoms with E-state index in [0.717, 1.165) is 65.0 Å². The van der Waals surface area contributed by atoms with Gasteiger partial charge in [0.25, 0.3) is 5.91 Å². The Morgan fingerprint density at radius 2 is 1.77 bits per heavy atom. The van der Waals surface area contributed by atoms with Crippen LogP contribution in [0.25, 0.3) is 27.1 Å². The number of carbonyl (C=O) groups excluding carboxylic acids is 3. The molecule has 4 atom stereocenters. The van der Waals surface area contributed by atoms with E-state index in [1.807, 2.05) is 49.4 Å². The highest BCUT2D eigenvalue weighted by atomic mass is 16.5. The van der Waals surface area contributed by atoms with Gasteiger partial charge >= 0.3 is 6.09 Å². The van der Waals surface area contributed by atoms with Crippen molar-refractivity contribution in [2.45, 2.75) is 71.0 Å². The molecular weight excluding hydrogens is 656 g/mol. The highest BCUT2D eigenvalue weighted by Crippen LogP contribution is 2.58. The normalized spacial score (nSPS) is 20.0. The third-order valence-electron chi connectivity index (χ3n) is 11.0. The summed E-state index contributed by atoms with van der Waals surface area (Å²) in [5.74, 6) is 8.23. The van der Waals surface area contributed by atoms with Crippen LogP contribution >= 0.6 is 0 Å². The number of H-pyrrole nitrogens is 2. The lowest BCUT2D eigenvalue weighted by atomic mass is 9.96. The molecule has 1 spiro atoms. The van der Waals surface area contributed by atoms with E-state index >= 15 is 0 Å². The Labute approximate surface area is 303 Å². The Morgan fingerprint density at radius 1 is 1.02 bits per heavy atom. The molecule has 12 heteroatoms. The van der Waals surface area contributed by atoms with E-state index in [-0.39, 0.29) is 47.7 Å². The number of rotatable bonds is 8. The number of hydrogen-bond donors (Lipinski definition) is 3. The molecule has 2 aromatic carbocycles. The maximum atomic E-state index is 13.5. The fraction of sp³-hybridized carbons (Fsp3) is 0.450. The largest absolute Gasteiger partial charge is 0.453 e. The molecule has 3 aliphatic rings. The number of likely N-dealkylation sites (tertiary alicyclic amines) is 2. The average Bonchev–Trinajstić information content (AvgIpc) is 3.64. The lowest BCUT2D eigenvalue weighted by molar-refractivity contribution is -0.137. The van der Waals surface area contributed by atoms with Crippen molar-refractivity contribution in [3.63, 3.8) is 0 Å². The Kier molecular flexibility index (Phi) is 9.50. The van der Waals surface area contributed by atoms with Gasteiger partial charge in [-0.3, -0.25) is 9.59 Å². The number of aromatic amines is 2. The standard InChI is InChI=1S/C40H44N8O4/c1-24(2)25(3)37(49)48-23-40(16-17-40)20-34(48)36-43-29-15-12-27(19-30(29)44-36)9-8-26-10-13-28(14-11-26)31-22-42-35(45-31)33-7-6-18-47(33)38(50)32(21-41-4)46-39(51)52-5/h10-15,19,22,24-25,32-34H,6-7,16-18,20-21,23H2,1-3,5H3,(H,42,45)(H,43,44)(H,46,51)/t25-,32-,33-,34-/m0/s1. The Hall–Kier alpha value is -5.62. The van der Waals surface area contributed by atoms with Gasteiger partial charge in [-0.05, 0) is 79.3 Å². The monoisotopic (exact) mass is 700 g/mol. The summed E-state index contributed by atoms with van der Waals surface area (Å²) in [6.07, 6.45) is 5.84. The number of hydrogen-bond acceptors (Lipinski definition) is 6. The number of benzene rings is 2. The van der Waals surface area contributed by atoms with Gasteiger partial charge in [0.05, 0.1) is 42.1 Å². The molecule has 3 fully saturated rings. The second kappa shape index (κ2) is 14.2. The number of carbonyl (C=O) groups is 3. The quantitative estimate of drug-likeness (QED) is 0.152. The lowest BCUT2D eigenvalue weighted by Gasteiger charge is -2.28. The number of fused-ring (bicyclic) bond motifs is 1. The molecule has 2 saturated heterocycles. The third-order valence-corrected chi connectivity index (χ3v) is 11.0. The summed E-state index contributed by atoms with van der Waals surface area (Å²) >= 11 is 0. The number of imidazole rings is 2. The van der Waals surface area contributed by atoms with Crippen molar-refractivity contribution in [3.8, 4) is 23.1 Å². The van der Waals surface area contributed by atoms with Crippen molar-refractivity contribution in [1.29, 1.82) is 0 Å².